The zero-order chi connectivity index (χ0) is 43.1. The van der Waals surface area contributed by atoms with Crippen molar-refractivity contribution in [2.45, 2.75) is 88.4 Å². The number of aliphatic hydroxyl groups excluding tert-OH is 6. The van der Waals surface area contributed by atoms with Crippen molar-refractivity contribution in [3.63, 3.8) is 0 Å². The van der Waals surface area contributed by atoms with Crippen molar-refractivity contribution in [1.29, 1.82) is 10.8 Å². The number of guanidine groups is 2. The Morgan fingerprint density at radius 1 is 0.772 bits per heavy atom. The first-order chi connectivity index (χ1) is 26.6. The summed E-state index contributed by atoms with van der Waals surface area (Å²) in [6, 6.07) is -3.21. The number of ether oxygens (including phenoxy) is 4. The van der Waals surface area contributed by atoms with Crippen molar-refractivity contribution >= 4 is 33.0 Å². The molecule has 2 aliphatic rings. The summed E-state index contributed by atoms with van der Waals surface area (Å²) < 4.78 is 58.5. The van der Waals surface area contributed by atoms with Crippen LogP contribution in [0, 0.1) is 22.7 Å². The van der Waals surface area contributed by atoms with Gasteiger partial charge in [-0.15, -0.1) is 0 Å². The standard InChI is InChI=1S/C31H59N7O17P2/c1-16(4-6-50-8-10-52-56(46,47)23-12-19(37-30(32)33)17(2)28(54-23)26(44)21(42)14-39)5-7-51-9-11-53-57(48,49)24-13-20(38-31(34)35)25(36-18(3)41)29(55-24)27(45)22(43)15-40/h12-13,16-17,19-22,25-29,39-40,42-45H,4-11,14-15H2,1-3H3,(H,36,41)(H,46,47)(H,48,49)(H4,32,33,37)(H4,34,35,38)/t16?,17-,19+,20+,21-,22-,25-,26-,27-,28-,29-/m1/s1. The lowest BCUT2D eigenvalue weighted by Crippen LogP contribution is -2.63. The summed E-state index contributed by atoms with van der Waals surface area (Å²) in [4.78, 5) is 33.1. The molecule has 0 saturated heterocycles. The van der Waals surface area contributed by atoms with Crippen molar-refractivity contribution < 1.29 is 82.3 Å². The van der Waals surface area contributed by atoms with Gasteiger partial charge >= 0.3 is 15.2 Å². The molecular weight excluding hydrogens is 804 g/mol. The molecule has 0 aromatic carbocycles. The molecule has 2 aliphatic heterocycles. The average molecular weight is 864 g/mol. The topological polar surface area (TPSA) is 404 Å². The minimum Gasteiger partial charge on any atom is -0.479 e. The quantitative estimate of drug-likeness (QED) is 0.0184. The second kappa shape index (κ2) is 23.6. The van der Waals surface area contributed by atoms with Gasteiger partial charge in [0.05, 0.1) is 57.8 Å². The third-order valence-electron chi connectivity index (χ3n) is 8.89. The Kier molecular flexibility index (Phi) is 20.8. The maximum Gasteiger partial charge on any atom is 0.392 e. The zero-order valence-electron chi connectivity index (χ0n) is 31.9. The van der Waals surface area contributed by atoms with E-state index in [1.165, 1.54) is 6.08 Å². The molecule has 0 saturated carbocycles. The fourth-order valence-electron chi connectivity index (χ4n) is 5.70. The molecule has 0 aromatic heterocycles. The molecule has 2 rings (SSSR count). The maximum atomic E-state index is 13.1. The first-order valence-electron chi connectivity index (χ1n) is 18.0. The van der Waals surface area contributed by atoms with Crippen LogP contribution in [0.15, 0.2) is 23.2 Å². The lowest BCUT2D eigenvalue weighted by Gasteiger charge is -2.41. The molecule has 0 bridgehead atoms. The lowest BCUT2D eigenvalue weighted by molar-refractivity contribution is -0.126. The van der Waals surface area contributed by atoms with Crippen LogP contribution >= 0.6 is 15.2 Å². The normalized spacial score (nSPS) is 27.0. The van der Waals surface area contributed by atoms with E-state index in [1.54, 1.807) is 6.92 Å². The molecular formula is C31H59N7O17P2. The van der Waals surface area contributed by atoms with Gasteiger partial charge < -0.3 is 95.8 Å². The summed E-state index contributed by atoms with van der Waals surface area (Å²) in [5, 5.41) is 82.2. The van der Waals surface area contributed by atoms with Gasteiger partial charge in [-0.3, -0.25) is 24.7 Å². The molecule has 57 heavy (non-hydrogen) atoms. The molecule has 13 atom stereocenters. The van der Waals surface area contributed by atoms with Crippen molar-refractivity contribution in [2.75, 3.05) is 52.9 Å². The fourth-order valence-corrected chi connectivity index (χ4v) is 7.81. The van der Waals surface area contributed by atoms with E-state index < -0.39 is 118 Å². The summed E-state index contributed by atoms with van der Waals surface area (Å²) >= 11 is 0. The highest BCUT2D eigenvalue weighted by molar-refractivity contribution is 7.57. The van der Waals surface area contributed by atoms with Crippen molar-refractivity contribution in [3.05, 3.63) is 23.2 Å². The third kappa shape index (κ3) is 16.0. The van der Waals surface area contributed by atoms with E-state index in [9.17, 15) is 54.4 Å². The highest BCUT2D eigenvalue weighted by Crippen LogP contribution is 2.54. The second-order valence-electron chi connectivity index (χ2n) is 13.5. The van der Waals surface area contributed by atoms with E-state index in [4.69, 9.17) is 50.3 Å². The Hall–Kier alpha value is -2.93. The predicted octanol–water partition coefficient (Wildman–Crippen LogP) is -3.41. The number of carbonyl (C=O) groups is 1. The zero-order valence-corrected chi connectivity index (χ0v) is 33.7. The SMILES string of the molecule is CC(=O)N[C@H]1[C@H]([C@H](O)[C@H](O)CO)OC(P(=O)(O)OCCOCCC(C)CCOCCOP(=O)(O)C2=C[C@H](NC(=N)N)[C@@H](C)[C@H]([C@H](O)[C@H](O)CO)O2)=C[C@@H]1NC(=N)N. The minimum absolute atomic E-state index is 0.0677. The molecule has 0 fully saturated rings. The number of rotatable bonds is 25. The van der Waals surface area contributed by atoms with Crippen molar-refractivity contribution in [1.82, 2.24) is 16.0 Å². The van der Waals surface area contributed by atoms with Crippen molar-refractivity contribution in [2.24, 2.45) is 23.3 Å². The highest BCUT2D eigenvalue weighted by atomic mass is 31.2. The van der Waals surface area contributed by atoms with Gasteiger partial charge in [0.15, 0.2) is 11.9 Å². The molecule has 0 aliphatic carbocycles. The first-order valence-corrected chi connectivity index (χ1v) is 21.1. The number of hydrogen-bond donors (Lipinski definition) is 15. The number of amides is 1. The predicted molar refractivity (Wildman–Crippen MR) is 200 cm³/mol. The molecule has 0 spiro atoms. The molecule has 3 unspecified atom stereocenters. The monoisotopic (exact) mass is 863 g/mol. The average Bonchev–Trinajstić information content (AvgIpc) is 3.13. The number of carbonyl (C=O) groups excluding carboxylic acids is 1. The Morgan fingerprint density at radius 2 is 1.19 bits per heavy atom. The Balaban J connectivity index is 1.80. The van der Waals surface area contributed by atoms with Crippen LogP contribution in [0.1, 0.15) is 33.6 Å². The van der Waals surface area contributed by atoms with Crippen LogP contribution in [0.25, 0.3) is 0 Å². The maximum absolute atomic E-state index is 13.1. The second-order valence-corrected chi connectivity index (χ2v) is 17.0. The summed E-state index contributed by atoms with van der Waals surface area (Å²) in [6.45, 7) is 2.62. The van der Waals surface area contributed by atoms with Gasteiger partial charge in [0.25, 0.3) is 0 Å². The Labute approximate surface area is 329 Å². The molecule has 0 radical (unpaired) electrons. The van der Waals surface area contributed by atoms with Crippen LogP contribution < -0.4 is 27.4 Å². The van der Waals surface area contributed by atoms with Gasteiger partial charge in [-0.2, -0.15) is 0 Å². The van der Waals surface area contributed by atoms with Crippen LogP contribution in [-0.2, 0) is 41.9 Å². The Morgan fingerprint density at radius 3 is 1.63 bits per heavy atom. The Bertz CT molecular complexity index is 1480. The largest absolute Gasteiger partial charge is 0.479 e. The molecule has 1 amide bonds. The molecule has 24 nitrogen and oxygen atoms in total. The lowest BCUT2D eigenvalue weighted by atomic mass is 9.88. The third-order valence-corrected chi connectivity index (χ3v) is 11.6. The van der Waals surface area contributed by atoms with E-state index in [1.807, 2.05) is 6.92 Å². The summed E-state index contributed by atoms with van der Waals surface area (Å²) in [5.74, 6) is -2.19. The van der Waals surface area contributed by atoms with Gasteiger partial charge in [-0.25, -0.2) is 0 Å². The van der Waals surface area contributed by atoms with E-state index in [0.29, 0.717) is 12.8 Å². The number of nitrogens with two attached hydrogens (primary N) is 2. The van der Waals surface area contributed by atoms with Gasteiger partial charge in [0, 0.05) is 26.1 Å². The number of aliphatic hydroxyl groups is 6. The van der Waals surface area contributed by atoms with E-state index in [2.05, 4.69) is 16.0 Å². The van der Waals surface area contributed by atoms with Crippen LogP contribution in [0.4, 0.5) is 0 Å². The van der Waals surface area contributed by atoms with Crippen LogP contribution in [0.5, 0.6) is 0 Å². The highest BCUT2D eigenvalue weighted by Gasteiger charge is 2.47. The minimum atomic E-state index is -4.73. The van der Waals surface area contributed by atoms with Gasteiger partial charge in [-0.05, 0) is 30.9 Å². The van der Waals surface area contributed by atoms with E-state index >= 15 is 0 Å². The van der Waals surface area contributed by atoms with E-state index in [-0.39, 0.29) is 45.6 Å². The molecule has 0 aromatic rings. The van der Waals surface area contributed by atoms with Gasteiger partial charge in [0.2, 0.25) is 16.9 Å². The molecule has 17 N–H and O–H groups in total. The molecule has 330 valence electrons. The fraction of sp³-hybridized carbons (Fsp3) is 0.774. The number of nitrogens with one attached hydrogen (secondary N) is 5. The summed E-state index contributed by atoms with van der Waals surface area (Å²) in [6.07, 6.45) is -6.30. The summed E-state index contributed by atoms with van der Waals surface area (Å²) in [5.41, 5.74) is 9.67. The smallest absolute Gasteiger partial charge is 0.392 e. The van der Waals surface area contributed by atoms with Crippen LogP contribution in [-0.4, -0.2) is 166 Å². The van der Waals surface area contributed by atoms with Gasteiger partial charge in [-0.1, -0.05) is 13.8 Å². The number of hydrogen-bond acceptors (Lipinski definition) is 17. The first kappa shape index (κ1) is 50.2. The molecule has 2 heterocycles. The van der Waals surface area contributed by atoms with Crippen LogP contribution in [0.3, 0.4) is 0 Å². The molecule has 26 heteroatoms. The van der Waals surface area contributed by atoms with Crippen molar-refractivity contribution in [3.8, 4) is 0 Å². The summed E-state index contributed by atoms with van der Waals surface area (Å²) in [7, 11) is -9.33. The van der Waals surface area contributed by atoms with Crippen LogP contribution in [0.2, 0.25) is 0 Å². The van der Waals surface area contributed by atoms with Gasteiger partial charge in [0.1, 0.15) is 36.6 Å². The van der Waals surface area contributed by atoms with E-state index in [0.717, 1.165) is 13.0 Å².